The van der Waals surface area contributed by atoms with Crippen molar-refractivity contribution in [2.75, 3.05) is 7.11 Å². The number of benzene rings is 1. The maximum absolute atomic E-state index is 5.96. The van der Waals surface area contributed by atoms with Gasteiger partial charge in [0.05, 0.1) is 5.73 Å². The fraction of sp³-hybridized carbons (Fsp3) is 0.556. The molecule has 0 aromatic heterocycles. The zero-order chi connectivity index (χ0) is 17.6. The van der Waals surface area contributed by atoms with Crippen LogP contribution in [0.15, 0.2) is 42.4 Å². The molecule has 0 spiro atoms. The minimum absolute atomic E-state index is 0.0644. The SMILES string of the molecule is C=C(B(OC(C)C)OC(C)C)C(OC)[Si](C)(C)c1ccccc1. The highest BCUT2D eigenvalue weighted by Gasteiger charge is 2.41. The van der Waals surface area contributed by atoms with Gasteiger partial charge in [-0.25, -0.2) is 0 Å². The topological polar surface area (TPSA) is 27.7 Å². The molecule has 128 valence electrons. The summed E-state index contributed by atoms with van der Waals surface area (Å²) in [5.41, 5.74) is 0.794. The van der Waals surface area contributed by atoms with E-state index >= 15 is 0 Å². The predicted molar refractivity (Wildman–Crippen MR) is 102 cm³/mol. The molecule has 0 saturated carbocycles. The molecule has 23 heavy (non-hydrogen) atoms. The Hall–Kier alpha value is -0.878. The van der Waals surface area contributed by atoms with Gasteiger partial charge in [-0.15, -0.1) is 6.58 Å². The molecule has 1 aromatic carbocycles. The van der Waals surface area contributed by atoms with Gasteiger partial charge in [-0.2, -0.15) is 0 Å². The lowest BCUT2D eigenvalue weighted by molar-refractivity contribution is 0.125. The Morgan fingerprint density at radius 1 is 1.00 bits per heavy atom. The lowest BCUT2D eigenvalue weighted by Crippen LogP contribution is -2.56. The van der Waals surface area contributed by atoms with Crippen LogP contribution in [0.3, 0.4) is 0 Å². The Kier molecular flexibility index (Phi) is 7.74. The molecule has 0 aliphatic carbocycles. The summed E-state index contributed by atoms with van der Waals surface area (Å²) in [6.45, 7) is 16.9. The second-order valence-corrected chi connectivity index (χ2v) is 11.5. The monoisotopic (exact) mass is 334 g/mol. The lowest BCUT2D eigenvalue weighted by Gasteiger charge is -2.35. The van der Waals surface area contributed by atoms with Crippen molar-refractivity contribution in [3.05, 3.63) is 42.4 Å². The van der Waals surface area contributed by atoms with Gasteiger partial charge in [-0.05, 0) is 33.2 Å². The van der Waals surface area contributed by atoms with Gasteiger partial charge in [0.1, 0.15) is 8.07 Å². The van der Waals surface area contributed by atoms with E-state index in [1.807, 2.05) is 33.8 Å². The standard InChI is InChI=1S/C18H31BO3Si/c1-14(2)21-19(22-15(3)4)16(5)18(20-6)23(7,8)17-12-10-9-11-13-17/h9-15,18H,5H2,1-4,6-8H3. The quantitative estimate of drug-likeness (QED) is 0.646. The minimum Gasteiger partial charge on any atom is -0.405 e. The smallest absolute Gasteiger partial charge is 0.405 e. The number of methoxy groups -OCH3 is 1. The van der Waals surface area contributed by atoms with Crippen LogP contribution in [-0.2, 0) is 14.0 Å². The fourth-order valence-electron chi connectivity index (χ4n) is 2.75. The largest absolute Gasteiger partial charge is 0.491 e. The van der Waals surface area contributed by atoms with Crippen molar-refractivity contribution >= 4 is 20.4 Å². The van der Waals surface area contributed by atoms with E-state index in [1.165, 1.54) is 5.19 Å². The van der Waals surface area contributed by atoms with Crippen LogP contribution < -0.4 is 5.19 Å². The molecular formula is C18H31BO3Si. The minimum atomic E-state index is -1.92. The zero-order valence-electron chi connectivity index (χ0n) is 15.6. The van der Waals surface area contributed by atoms with Crippen LogP contribution in [0.2, 0.25) is 13.1 Å². The second-order valence-electron chi connectivity index (χ2n) is 6.98. The fourth-order valence-corrected chi connectivity index (χ4v) is 5.76. The molecule has 1 aromatic rings. The Morgan fingerprint density at radius 2 is 1.48 bits per heavy atom. The van der Waals surface area contributed by atoms with E-state index in [0.717, 1.165) is 5.47 Å². The normalized spacial score (nSPS) is 13.4. The number of ether oxygens (including phenoxy) is 1. The summed E-state index contributed by atoms with van der Waals surface area (Å²) in [4.78, 5) is 0. The molecular weight excluding hydrogens is 303 g/mol. The lowest BCUT2D eigenvalue weighted by atomic mass is 9.78. The van der Waals surface area contributed by atoms with Gasteiger partial charge in [0.25, 0.3) is 0 Å². The van der Waals surface area contributed by atoms with Crippen LogP contribution in [0.25, 0.3) is 0 Å². The molecule has 5 heteroatoms. The summed E-state index contributed by atoms with van der Waals surface area (Å²) in [5.74, 6) is 0. The van der Waals surface area contributed by atoms with Crippen molar-refractivity contribution < 1.29 is 14.0 Å². The van der Waals surface area contributed by atoms with Gasteiger partial charge in [0, 0.05) is 19.3 Å². The summed E-state index contributed by atoms with van der Waals surface area (Å²) < 4.78 is 17.8. The highest BCUT2D eigenvalue weighted by molar-refractivity contribution is 6.92. The van der Waals surface area contributed by atoms with E-state index in [2.05, 4.69) is 43.9 Å². The van der Waals surface area contributed by atoms with Crippen LogP contribution >= 0.6 is 0 Å². The van der Waals surface area contributed by atoms with Crippen molar-refractivity contribution in [3.63, 3.8) is 0 Å². The molecule has 3 nitrogen and oxygen atoms in total. The first-order valence-corrected chi connectivity index (χ1v) is 11.4. The summed E-state index contributed by atoms with van der Waals surface area (Å²) in [6.07, 6.45) is 0.129. The molecule has 0 radical (unpaired) electrons. The van der Waals surface area contributed by atoms with Crippen LogP contribution in [0.5, 0.6) is 0 Å². The predicted octanol–water partition coefficient (Wildman–Crippen LogP) is 3.59. The third kappa shape index (κ3) is 5.60. The van der Waals surface area contributed by atoms with Crippen molar-refractivity contribution in [1.82, 2.24) is 0 Å². The van der Waals surface area contributed by atoms with Crippen LogP contribution in [0.1, 0.15) is 27.7 Å². The third-order valence-corrected chi connectivity index (χ3v) is 7.58. The Labute approximate surface area is 143 Å². The number of rotatable bonds is 9. The van der Waals surface area contributed by atoms with Gasteiger partial charge in [-0.1, -0.05) is 48.6 Å². The molecule has 0 heterocycles. The van der Waals surface area contributed by atoms with Gasteiger partial charge < -0.3 is 14.0 Å². The van der Waals surface area contributed by atoms with E-state index < -0.39 is 15.2 Å². The molecule has 0 fully saturated rings. The molecule has 1 rings (SSSR count). The molecule has 0 aliphatic heterocycles. The number of hydrogen-bond acceptors (Lipinski definition) is 3. The average Bonchev–Trinajstić information content (AvgIpc) is 2.47. The first-order valence-electron chi connectivity index (χ1n) is 8.28. The summed E-state index contributed by atoms with van der Waals surface area (Å²) >= 11 is 0. The van der Waals surface area contributed by atoms with E-state index in [-0.39, 0.29) is 17.9 Å². The zero-order valence-corrected chi connectivity index (χ0v) is 16.6. The first kappa shape index (κ1) is 20.2. The summed E-state index contributed by atoms with van der Waals surface area (Å²) in [5, 5.41) is 1.33. The molecule has 1 atom stereocenters. The maximum Gasteiger partial charge on any atom is 0.491 e. The van der Waals surface area contributed by atoms with E-state index in [1.54, 1.807) is 7.11 Å². The highest BCUT2D eigenvalue weighted by Crippen LogP contribution is 2.22. The highest BCUT2D eigenvalue weighted by atomic mass is 28.3. The van der Waals surface area contributed by atoms with E-state index in [4.69, 9.17) is 14.0 Å². The molecule has 1 unspecified atom stereocenters. The van der Waals surface area contributed by atoms with Gasteiger partial charge in [-0.3, -0.25) is 0 Å². The Morgan fingerprint density at radius 3 is 1.87 bits per heavy atom. The van der Waals surface area contributed by atoms with Crippen molar-refractivity contribution in [2.24, 2.45) is 0 Å². The van der Waals surface area contributed by atoms with E-state index in [9.17, 15) is 0 Å². The molecule has 0 bridgehead atoms. The van der Waals surface area contributed by atoms with E-state index in [0.29, 0.717) is 0 Å². The third-order valence-electron chi connectivity index (χ3n) is 3.84. The Bertz CT molecular complexity index is 478. The first-order chi connectivity index (χ1) is 10.7. The Balaban J connectivity index is 3.07. The average molecular weight is 334 g/mol. The van der Waals surface area contributed by atoms with Gasteiger partial charge in [0.2, 0.25) is 0 Å². The van der Waals surface area contributed by atoms with Gasteiger partial charge >= 0.3 is 7.12 Å². The number of hydrogen-bond donors (Lipinski definition) is 0. The van der Waals surface area contributed by atoms with Crippen LogP contribution in [0.4, 0.5) is 0 Å². The van der Waals surface area contributed by atoms with Crippen molar-refractivity contribution in [2.45, 2.75) is 58.7 Å². The molecule has 0 aliphatic rings. The maximum atomic E-state index is 5.96. The van der Waals surface area contributed by atoms with Crippen molar-refractivity contribution in [1.29, 1.82) is 0 Å². The van der Waals surface area contributed by atoms with Gasteiger partial charge in [0.15, 0.2) is 0 Å². The van der Waals surface area contributed by atoms with Crippen LogP contribution in [0, 0.1) is 0 Å². The van der Waals surface area contributed by atoms with Crippen LogP contribution in [-0.4, -0.2) is 40.2 Å². The molecule has 0 N–H and O–H groups in total. The summed E-state index contributed by atoms with van der Waals surface area (Å²) in [6, 6.07) is 10.5. The van der Waals surface area contributed by atoms with Crippen molar-refractivity contribution in [3.8, 4) is 0 Å². The summed E-state index contributed by atoms with van der Waals surface area (Å²) in [7, 11) is -0.622. The second kappa shape index (κ2) is 8.83. The molecule has 0 amide bonds. The molecule has 0 saturated heterocycles.